The average Bonchev–Trinajstić information content (AvgIpc) is 3.12. The Balaban J connectivity index is 1.26. The maximum Gasteiger partial charge on any atom is 0.337 e. The Labute approximate surface area is 196 Å². The van der Waals surface area contributed by atoms with E-state index in [0.717, 1.165) is 25.7 Å². The van der Waals surface area contributed by atoms with Gasteiger partial charge in [-0.25, -0.2) is 10.2 Å². The highest BCUT2D eigenvalue weighted by Gasteiger charge is 2.24. The van der Waals surface area contributed by atoms with Crippen LogP contribution in [-0.4, -0.2) is 77.4 Å². The van der Waals surface area contributed by atoms with Crippen molar-refractivity contribution in [2.24, 2.45) is 11.0 Å². The second-order valence-corrected chi connectivity index (χ2v) is 9.14. The molecule has 0 atom stereocenters. The van der Waals surface area contributed by atoms with Gasteiger partial charge in [-0.1, -0.05) is 38.5 Å². The van der Waals surface area contributed by atoms with Crippen LogP contribution < -0.4 is 5.43 Å². The Bertz CT molecular complexity index is 732. The van der Waals surface area contributed by atoms with Crippen LogP contribution in [0.1, 0.15) is 70.6 Å². The van der Waals surface area contributed by atoms with Crippen LogP contribution in [0.15, 0.2) is 17.3 Å². The van der Waals surface area contributed by atoms with E-state index >= 15 is 0 Å². The molecular weight excluding hydrogens is 422 g/mol. The van der Waals surface area contributed by atoms with E-state index in [9.17, 15) is 19.2 Å². The molecule has 0 unspecified atom stereocenters. The fraction of sp³-hybridized carbons (Fsp3) is 0.708. The van der Waals surface area contributed by atoms with Gasteiger partial charge >= 0.3 is 6.03 Å². The topological polar surface area (TPSA) is 102 Å². The van der Waals surface area contributed by atoms with Gasteiger partial charge < -0.3 is 9.80 Å². The molecular formula is C24H37N5O4. The number of piperazine rings is 1. The van der Waals surface area contributed by atoms with Crippen molar-refractivity contribution >= 4 is 30.0 Å². The predicted molar refractivity (Wildman–Crippen MR) is 125 cm³/mol. The van der Waals surface area contributed by atoms with Crippen LogP contribution >= 0.6 is 0 Å². The number of hydrazone groups is 1. The number of hydrogen-bond acceptors (Lipinski definition) is 5. The van der Waals surface area contributed by atoms with E-state index in [-0.39, 0.29) is 23.8 Å². The predicted octanol–water partition coefficient (Wildman–Crippen LogP) is 2.67. The Kier molecular flexibility index (Phi) is 9.90. The van der Waals surface area contributed by atoms with Crippen molar-refractivity contribution in [3.8, 4) is 0 Å². The molecule has 33 heavy (non-hydrogen) atoms. The minimum Gasteiger partial charge on any atom is -0.339 e. The minimum atomic E-state index is -0.261. The maximum atomic E-state index is 12.5. The van der Waals surface area contributed by atoms with Gasteiger partial charge in [0, 0.05) is 57.5 Å². The van der Waals surface area contributed by atoms with Crippen LogP contribution in [0.3, 0.4) is 0 Å². The van der Waals surface area contributed by atoms with Crippen molar-refractivity contribution in [2.45, 2.75) is 70.6 Å². The van der Waals surface area contributed by atoms with E-state index in [1.165, 1.54) is 49.2 Å². The number of rotatable bonds is 8. The number of unbranched alkanes of at least 4 members (excludes halogenated alkanes) is 2. The third-order valence-electron chi connectivity index (χ3n) is 6.69. The fourth-order valence-electron chi connectivity index (χ4n) is 4.60. The molecule has 0 bridgehead atoms. The number of nitrogens with zero attached hydrogens (tertiary/aromatic N) is 4. The molecule has 0 aromatic rings. The summed E-state index contributed by atoms with van der Waals surface area (Å²) in [5.41, 5.74) is 2.65. The highest BCUT2D eigenvalue weighted by atomic mass is 16.2. The molecule has 182 valence electrons. The van der Waals surface area contributed by atoms with E-state index in [1.54, 1.807) is 9.80 Å². The molecule has 2 heterocycles. The fourth-order valence-corrected chi connectivity index (χ4v) is 4.60. The lowest BCUT2D eigenvalue weighted by atomic mass is 9.92. The number of carbonyl (C=O) groups is 4. The van der Waals surface area contributed by atoms with Crippen molar-refractivity contribution < 1.29 is 19.2 Å². The Hall–Kier alpha value is -2.71. The molecule has 0 radical (unpaired) electrons. The van der Waals surface area contributed by atoms with Gasteiger partial charge in [-0.15, -0.1) is 0 Å². The summed E-state index contributed by atoms with van der Waals surface area (Å²) in [6.45, 7) is 2.46. The minimum absolute atomic E-state index is 0.0901. The molecule has 1 aliphatic carbocycles. The van der Waals surface area contributed by atoms with Crippen LogP contribution in [0.2, 0.25) is 0 Å². The van der Waals surface area contributed by atoms with Crippen LogP contribution in [0.5, 0.6) is 0 Å². The van der Waals surface area contributed by atoms with Crippen molar-refractivity contribution in [3.05, 3.63) is 12.2 Å². The molecule has 0 aromatic heterocycles. The van der Waals surface area contributed by atoms with Gasteiger partial charge in [-0.05, 0) is 31.6 Å². The number of imide groups is 1. The molecule has 2 aliphatic heterocycles. The summed E-state index contributed by atoms with van der Waals surface area (Å²) in [4.78, 5) is 52.6. The van der Waals surface area contributed by atoms with Crippen LogP contribution in [0.25, 0.3) is 0 Å². The van der Waals surface area contributed by atoms with Crippen LogP contribution in [-0.2, 0) is 14.4 Å². The molecule has 9 nitrogen and oxygen atoms in total. The van der Waals surface area contributed by atoms with Gasteiger partial charge in [-0.3, -0.25) is 19.3 Å². The summed E-state index contributed by atoms with van der Waals surface area (Å²) in [6.07, 6.45) is 15.8. The number of nitrogens with one attached hydrogen (secondary N) is 1. The average molecular weight is 460 g/mol. The number of carbonyl (C=O) groups excluding carboxylic acids is 4. The molecule has 3 rings (SSSR count). The lowest BCUT2D eigenvalue weighted by Gasteiger charge is -2.34. The van der Waals surface area contributed by atoms with Gasteiger partial charge in [0.25, 0.3) is 11.8 Å². The SMILES string of the molecule is O=C(CCCCCN1C(=O)C=CC1=O)N1CCN(C(=O)N/N=C/C2CCCCCCC2)CC1. The zero-order valence-electron chi connectivity index (χ0n) is 19.5. The van der Waals surface area contributed by atoms with Crippen molar-refractivity contribution in [2.75, 3.05) is 32.7 Å². The first-order valence-corrected chi connectivity index (χ1v) is 12.4. The highest BCUT2D eigenvalue weighted by Crippen LogP contribution is 2.20. The van der Waals surface area contributed by atoms with Gasteiger partial charge in [0.05, 0.1) is 0 Å². The largest absolute Gasteiger partial charge is 0.339 e. The van der Waals surface area contributed by atoms with Gasteiger partial charge in [0.1, 0.15) is 0 Å². The first kappa shape index (κ1) is 24.9. The maximum absolute atomic E-state index is 12.5. The van der Waals surface area contributed by atoms with Crippen molar-refractivity contribution in [1.82, 2.24) is 20.1 Å². The molecule has 5 amide bonds. The third-order valence-corrected chi connectivity index (χ3v) is 6.69. The molecule has 0 spiro atoms. The summed E-state index contributed by atoms with van der Waals surface area (Å²) in [5.74, 6) is 0.0208. The zero-order valence-corrected chi connectivity index (χ0v) is 19.5. The number of amides is 5. The normalized spacial score (nSPS) is 20.4. The first-order chi connectivity index (χ1) is 16.0. The monoisotopic (exact) mass is 459 g/mol. The van der Waals surface area contributed by atoms with Gasteiger partial charge in [0.2, 0.25) is 5.91 Å². The number of hydrogen-bond donors (Lipinski definition) is 1. The molecule has 1 saturated heterocycles. The van der Waals surface area contributed by atoms with E-state index < -0.39 is 0 Å². The quantitative estimate of drug-likeness (QED) is 0.261. The Morgan fingerprint density at radius 3 is 2.15 bits per heavy atom. The van der Waals surface area contributed by atoms with Gasteiger partial charge in [0.15, 0.2) is 0 Å². The second kappa shape index (κ2) is 13.1. The first-order valence-electron chi connectivity index (χ1n) is 12.4. The van der Waals surface area contributed by atoms with E-state index in [4.69, 9.17) is 0 Å². The van der Waals surface area contributed by atoms with Crippen molar-refractivity contribution in [3.63, 3.8) is 0 Å². The summed E-state index contributed by atoms with van der Waals surface area (Å²) in [5, 5.41) is 4.20. The third kappa shape index (κ3) is 7.98. The highest BCUT2D eigenvalue weighted by molar-refractivity contribution is 6.12. The standard InChI is InChI=1S/C24H37N5O4/c30-21(11-7-4-8-14-29-22(31)12-13-23(29)32)27-15-17-28(18-16-27)24(33)26-25-19-20-9-5-2-1-3-6-10-20/h12-13,19-20H,1-11,14-18H2,(H,26,33)/b25-19+. The molecule has 2 fully saturated rings. The van der Waals surface area contributed by atoms with Gasteiger partial charge in [-0.2, -0.15) is 5.10 Å². The second-order valence-electron chi connectivity index (χ2n) is 9.14. The van der Waals surface area contributed by atoms with E-state index in [0.29, 0.717) is 51.5 Å². The van der Waals surface area contributed by atoms with Crippen LogP contribution in [0.4, 0.5) is 4.79 Å². The molecule has 3 aliphatic rings. The lowest BCUT2D eigenvalue weighted by molar-refractivity contribution is -0.137. The van der Waals surface area contributed by atoms with Crippen LogP contribution in [0, 0.1) is 5.92 Å². The lowest BCUT2D eigenvalue weighted by Crippen LogP contribution is -2.52. The molecule has 1 N–H and O–H groups in total. The molecule has 9 heteroatoms. The Morgan fingerprint density at radius 2 is 1.48 bits per heavy atom. The molecule has 0 aromatic carbocycles. The molecule has 1 saturated carbocycles. The summed E-state index contributed by atoms with van der Waals surface area (Å²) in [6, 6.07) is -0.204. The summed E-state index contributed by atoms with van der Waals surface area (Å²) < 4.78 is 0. The zero-order chi connectivity index (χ0) is 23.5. The summed E-state index contributed by atoms with van der Waals surface area (Å²) in [7, 11) is 0. The van der Waals surface area contributed by atoms with Crippen molar-refractivity contribution in [1.29, 1.82) is 0 Å². The number of urea groups is 1. The Morgan fingerprint density at radius 1 is 0.879 bits per heavy atom. The van der Waals surface area contributed by atoms with E-state index in [1.807, 2.05) is 6.21 Å². The van der Waals surface area contributed by atoms with E-state index in [2.05, 4.69) is 10.5 Å². The summed E-state index contributed by atoms with van der Waals surface area (Å²) >= 11 is 0. The smallest absolute Gasteiger partial charge is 0.337 e.